The summed E-state index contributed by atoms with van der Waals surface area (Å²) in [5.41, 5.74) is 1.13. The molecular weight excluding hydrogens is 439 g/mol. The Kier molecular flexibility index (Phi) is 8.08. The maximum absolute atomic E-state index is 13.4. The van der Waals surface area contributed by atoms with E-state index in [-0.39, 0.29) is 12.6 Å². The topological polar surface area (TPSA) is 50.4 Å². The minimum absolute atomic E-state index is 0.0189. The molecule has 2 N–H and O–H groups in total. The molecule has 0 aliphatic heterocycles. The Morgan fingerprint density at radius 1 is 0.735 bits per heavy atom. The Balaban J connectivity index is 1.60. The molecule has 0 radical (unpaired) electrons. The van der Waals surface area contributed by atoms with Gasteiger partial charge in [0.1, 0.15) is 0 Å². The summed E-state index contributed by atoms with van der Waals surface area (Å²) in [5, 5.41) is 9.78. The van der Waals surface area contributed by atoms with Gasteiger partial charge < -0.3 is 0 Å². The van der Waals surface area contributed by atoms with Gasteiger partial charge in [-0.05, 0) is 0 Å². The quantitative estimate of drug-likeness (QED) is 0.275. The van der Waals surface area contributed by atoms with Gasteiger partial charge in [-0.3, -0.25) is 0 Å². The number of amides is 1. The predicted molar refractivity (Wildman–Crippen MR) is 144 cm³/mol. The molecule has 0 saturated carbocycles. The fourth-order valence-electron chi connectivity index (χ4n) is 4.43. The molecule has 174 valence electrons. The van der Waals surface area contributed by atoms with Crippen molar-refractivity contribution in [1.82, 2.24) is 10.6 Å². The number of nitrogens with one attached hydrogen (secondary N) is 2. The van der Waals surface area contributed by atoms with Crippen LogP contribution in [0.1, 0.15) is 5.56 Å². The third kappa shape index (κ3) is 5.53. The first-order chi connectivity index (χ1) is 16.7. The molecule has 34 heavy (non-hydrogen) atoms. The van der Waals surface area contributed by atoms with E-state index < -0.39 is 7.26 Å². The summed E-state index contributed by atoms with van der Waals surface area (Å²) in [6, 6.07) is 39.2. The zero-order valence-corrected chi connectivity index (χ0v) is 20.4. The normalized spacial score (nSPS) is 11.6. The molecule has 0 aromatic heterocycles. The van der Waals surface area contributed by atoms with Crippen molar-refractivity contribution in [3.63, 3.8) is 0 Å². The van der Waals surface area contributed by atoms with Gasteiger partial charge in [-0.25, -0.2) is 0 Å². The van der Waals surface area contributed by atoms with Crippen molar-refractivity contribution in [2.45, 2.75) is 6.54 Å². The second kappa shape index (κ2) is 11.6. The summed E-state index contributed by atoms with van der Waals surface area (Å²) in [5.74, 6) is 0.723. The molecule has 0 saturated heterocycles. The van der Waals surface area contributed by atoms with Crippen LogP contribution in [0.5, 0.6) is 5.75 Å². The van der Waals surface area contributed by atoms with Crippen LogP contribution in [0, 0.1) is 0 Å². The van der Waals surface area contributed by atoms with Gasteiger partial charge in [0, 0.05) is 0 Å². The van der Waals surface area contributed by atoms with Crippen LogP contribution in [-0.2, 0) is 11.3 Å². The van der Waals surface area contributed by atoms with Crippen LogP contribution in [0.2, 0.25) is 0 Å². The Bertz CT molecular complexity index is 1090. The Labute approximate surface area is 202 Å². The van der Waals surface area contributed by atoms with E-state index in [4.69, 9.17) is 4.74 Å². The van der Waals surface area contributed by atoms with E-state index in [1.54, 1.807) is 0 Å². The number of benzene rings is 4. The van der Waals surface area contributed by atoms with E-state index >= 15 is 0 Å². The van der Waals surface area contributed by atoms with E-state index in [0.717, 1.165) is 17.9 Å². The average molecular weight is 471 g/mol. The number of rotatable bonds is 10. The molecule has 0 bridgehead atoms. The van der Waals surface area contributed by atoms with Crippen LogP contribution >= 0.6 is 7.26 Å². The third-order valence-electron chi connectivity index (χ3n) is 6.01. The van der Waals surface area contributed by atoms with Gasteiger partial charge in [-0.15, -0.1) is 0 Å². The van der Waals surface area contributed by atoms with Crippen molar-refractivity contribution < 1.29 is 9.53 Å². The molecule has 1 amide bonds. The third-order valence-corrected chi connectivity index (χ3v) is 10.8. The molecule has 0 aliphatic carbocycles. The standard InChI is InChI=1S/C29H31N2O2P/c1-30-21-24-12-11-13-25(20-24)33-23-31-29(32)22-34(26-14-5-2-6-15-26,27-16-7-3-8-17-27)28-18-9-4-10-19-28/h2-20,30,34H,21-23H2,1H3,(H,31,32). The summed E-state index contributed by atoms with van der Waals surface area (Å²) in [7, 11) is -0.699. The second-order valence-corrected chi connectivity index (χ2v) is 12.1. The molecule has 5 heteroatoms. The van der Waals surface area contributed by atoms with Gasteiger partial charge in [0.2, 0.25) is 0 Å². The molecule has 4 rings (SSSR count). The van der Waals surface area contributed by atoms with Crippen LogP contribution in [0.15, 0.2) is 115 Å². The van der Waals surface area contributed by atoms with Gasteiger partial charge in [0.05, 0.1) is 0 Å². The van der Waals surface area contributed by atoms with Gasteiger partial charge >= 0.3 is 202 Å². The van der Waals surface area contributed by atoms with E-state index in [1.807, 2.05) is 49.5 Å². The van der Waals surface area contributed by atoms with E-state index in [9.17, 15) is 4.79 Å². The van der Waals surface area contributed by atoms with Crippen molar-refractivity contribution in [3.05, 3.63) is 121 Å². The average Bonchev–Trinajstić information content (AvgIpc) is 2.89. The van der Waals surface area contributed by atoms with Crippen molar-refractivity contribution in [2.24, 2.45) is 0 Å². The van der Waals surface area contributed by atoms with E-state index in [2.05, 4.69) is 83.4 Å². The van der Waals surface area contributed by atoms with E-state index in [0.29, 0.717) is 6.16 Å². The first kappa shape index (κ1) is 23.7. The van der Waals surface area contributed by atoms with Crippen molar-refractivity contribution >= 4 is 29.1 Å². The second-order valence-electron chi connectivity index (χ2n) is 8.25. The molecule has 0 heterocycles. The monoisotopic (exact) mass is 470 g/mol. The Hall–Kier alpha value is -3.46. The van der Waals surface area contributed by atoms with Crippen LogP contribution < -0.4 is 31.3 Å². The fourth-order valence-corrected chi connectivity index (χ4v) is 8.93. The van der Waals surface area contributed by atoms with Crippen LogP contribution in [0.3, 0.4) is 0 Å². The molecule has 0 spiro atoms. The summed E-state index contributed by atoms with van der Waals surface area (Å²) < 4.78 is 5.85. The van der Waals surface area contributed by atoms with Gasteiger partial charge in [-0.1, -0.05) is 0 Å². The van der Waals surface area contributed by atoms with Gasteiger partial charge in [-0.2, -0.15) is 0 Å². The Morgan fingerprint density at radius 3 is 1.76 bits per heavy atom. The summed E-state index contributed by atoms with van der Waals surface area (Å²) in [6.07, 6.45) is 0.397. The molecule has 0 unspecified atom stereocenters. The summed E-state index contributed by atoms with van der Waals surface area (Å²) in [6.45, 7) is 0.896. The number of hydrogen-bond acceptors (Lipinski definition) is 3. The van der Waals surface area contributed by atoms with Crippen molar-refractivity contribution in [2.75, 3.05) is 19.9 Å². The van der Waals surface area contributed by atoms with Crippen LogP contribution in [-0.4, -0.2) is 25.8 Å². The van der Waals surface area contributed by atoms with Gasteiger partial charge in [0.15, 0.2) is 0 Å². The fraction of sp³-hybridized carbons (Fsp3) is 0.138. The molecule has 0 fully saturated rings. The minimum atomic E-state index is -2.61. The molecule has 0 aliphatic rings. The zero-order valence-electron chi connectivity index (χ0n) is 19.4. The maximum atomic E-state index is 13.4. The first-order valence-electron chi connectivity index (χ1n) is 11.5. The summed E-state index contributed by atoms with van der Waals surface area (Å²) >= 11 is 0. The first-order valence-corrected chi connectivity index (χ1v) is 13.7. The number of ether oxygens (including phenoxy) is 1. The van der Waals surface area contributed by atoms with Crippen LogP contribution in [0.4, 0.5) is 0 Å². The van der Waals surface area contributed by atoms with Crippen LogP contribution in [0.25, 0.3) is 0 Å². The molecule has 4 aromatic rings. The van der Waals surface area contributed by atoms with Crippen molar-refractivity contribution in [3.8, 4) is 5.75 Å². The van der Waals surface area contributed by atoms with Gasteiger partial charge in [0.25, 0.3) is 0 Å². The molecular formula is C29H31N2O2P. The molecule has 4 nitrogen and oxygen atoms in total. The number of carbonyl (C=O) groups is 1. The predicted octanol–water partition coefficient (Wildman–Crippen LogP) is 3.58. The molecule has 4 aromatic carbocycles. The SMILES string of the molecule is CNCc1cccc(OCNC(=O)C[PH](c2ccccc2)(c2ccccc2)c2ccccc2)c1. The number of carbonyl (C=O) groups excluding carboxylic acids is 1. The molecule has 0 atom stereocenters. The zero-order chi connectivity index (χ0) is 23.6. The Morgan fingerprint density at radius 2 is 1.26 bits per heavy atom. The van der Waals surface area contributed by atoms with Crippen molar-refractivity contribution in [1.29, 1.82) is 0 Å². The number of hydrogen-bond donors (Lipinski definition) is 2. The van der Waals surface area contributed by atoms with E-state index in [1.165, 1.54) is 15.9 Å². The summed E-state index contributed by atoms with van der Waals surface area (Å²) in [4.78, 5) is 13.4.